The van der Waals surface area contributed by atoms with E-state index in [4.69, 9.17) is 5.73 Å². The molecule has 0 spiro atoms. The third-order valence-corrected chi connectivity index (χ3v) is 5.75. The molecule has 2 aromatic carbocycles. The first-order valence-corrected chi connectivity index (χ1v) is 9.75. The number of hydrogen-bond donors (Lipinski definition) is 4. The second kappa shape index (κ2) is 6.30. The highest BCUT2D eigenvalue weighted by Gasteiger charge is 2.51. The van der Waals surface area contributed by atoms with Crippen molar-refractivity contribution in [3.8, 4) is 0 Å². The van der Waals surface area contributed by atoms with Crippen LogP contribution in [0.25, 0.3) is 10.9 Å². The number of aromatic nitrogens is 1. The Morgan fingerprint density at radius 2 is 1.86 bits per heavy atom. The largest absolute Gasteiger partial charge is 0.397 e. The zero-order chi connectivity index (χ0) is 20.1. The molecule has 0 radical (unpaired) electrons. The van der Waals surface area contributed by atoms with Crippen LogP contribution in [0.3, 0.4) is 0 Å². The average molecular weight is 377 g/mol. The minimum absolute atomic E-state index is 0.0465. The average Bonchev–Trinajstić information content (AvgIpc) is 3.34. The highest BCUT2D eigenvalue weighted by molar-refractivity contribution is 6.02. The maximum absolute atomic E-state index is 13.1. The van der Waals surface area contributed by atoms with Gasteiger partial charge in [0.2, 0.25) is 5.91 Å². The molecule has 1 aliphatic carbocycles. The van der Waals surface area contributed by atoms with E-state index in [9.17, 15) is 4.79 Å². The highest BCUT2D eigenvalue weighted by Crippen LogP contribution is 2.50. The molecule has 1 aromatic heterocycles. The van der Waals surface area contributed by atoms with E-state index in [2.05, 4.69) is 42.5 Å². The van der Waals surface area contributed by atoms with Gasteiger partial charge in [-0.25, -0.2) is 0 Å². The van der Waals surface area contributed by atoms with Gasteiger partial charge >= 0.3 is 0 Å². The van der Waals surface area contributed by atoms with Crippen molar-refractivity contribution in [1.29, 1.82) is 0 Å². The number of aromatic amines is 1. The topological polar surface area (TPSA) is 82.9 Å². The van der Waals surface area contributed by atoms with Crippen molar-refractivity contribution < 1.29 is 4.79 Å². The van der Waals surface area contributed by atoms with Gasteiger partial charge in [0.1, 0.15) is 0 Å². The molecule has 1 heterocycles. The fraction of sp³-hybridized carbons (Fsp3) is 0.348. The van der Waals surface area contributed by atoms with Gasteiger partial charge in [-0.15, -0.1) is 0 Å². The lowest BCUT2D eigenvalue weighted by molar-refractivity contribution is -0.118. The number of carbonyl (C=O) groups is 1. The van der Waals surface area contributed by atoms with E-state index in [0.717, 1.165) is 40.7 Å². The quantitative estimate of drug-likeness (QED) is 0.496. The van der Waals surface area contributed by atoms with Crippen LogP contribution in [0.2, 0.25) is 0 Å². The second-order valence-corrected chi connectivity index (χ2v) is 8.82. The lowest BCUT2D eigenvalue weighted by atomic mass is 9.92. The molecule has 3 aromatic rings. The molecule has 1 aliphatic rings. The Bertz CT molecular complexity index is 1050. The SMILES string of the molecule is CNc1cc(C2(C(=O)Nc3ccc4[nH]c(C(C)(C)C)cc4c3)CC2)ccc1N. The number of fused-ring (bicyclic) bond motifs is 1. The van der Waals surface area contributed by atoms with E-state index in [0.29, 0.717) is 5.69 Å². The van der Waals surface area contributed by atoms with Gasteiger partial charge in [-0.2, -0.15) is 0 Å². The van der Waals surface area contributed by atoms with Gasteiger partial charge in [0.25, 0.3) is 0 Å². The fourth-order valence-electron chi connectivity index (χ4n) is 3.71. The Morgan fingerprint density at radius 1 is 1.11 bits per heavy atom. The first-order valence-electron chi connectivity index (χ1n) is 9.75. The minimum Gasteiger partial charge on any atom is -0.397 e. The van der Waals surface area contributed by atoms with E-state index < -0.39 is 5.41 Å². The second-order valence-electron chi connectivity index (χ2n) is 8.82. The van der Waals surface area contributed by atoms with Crippen molar-refractivity contribution in [2.24, 2.45) is 0 Å². The third kappa shape index (κ3) is 3.11. The van der Waals surface area contributed by atoms with E-state index in [1.165, 1.54) is 5.69 Å². The minimum atomic E-state index is -0.455. The van der Waals surface area contributed by atoms with Crippen LogP contribution < -0.4 is 16.4 Å². The third-order valence-electron chi connectivity index (χ3n) is 5.75. The molecule has 5 nitrogen and oxygen atoms in total. The number of nitrogens with two attached hydrogens (primary N) is 1. The van der Waals surface area contributed by atoms with E-state index in [1.807, 2.05) is 43.4 Å². The summed E-state index contributed by atoms with van der Waals surface area (Å²) in [4.78, 5) is 16.6. The first-order chi connectivity index (χ1) is 13.2. The Hall–Kier alpha value is -2.95. The Morgan fingerprint density at radius 3 is 2.50 bits per heavy atom. The van der Waals surface area contributed by atoms with Gasteiger partial charge < -0.3 is 21.4 Å². The standard InChI is InChI=1S/C23H28N4O/c1-22(2,3)20-12-14-11-16(6-8-18(14)27-20)26-21(28)23(9-10-23)15-5-7-17(24)19(13-15)25-4/h5-8,11-13,25,27H,9-10,24H2,1-4H3,(H,26,28). The normalized spacial score (nSPS) is 15.4. The summed E-state index contributed by atoms with van der Waals surface area (Å²) in [5.74, 6) is 0.0465. The van der Waals surface area contributed by atoms with Crippen LogP contribution in [0, 0.1) is 0 Å². The number of hydrogen-bond acceptors (Lipinski definition) is 3. The molecule has 146 valence electrons. The number of benzene rings is 2. The van der Waals surface area contributed by atoms with Crippen LogP contribution >= 0.6 is 0 Å². The van der Waals surface area contributed by atoms with Gasteiger partial charge in [0.05, 0.1) is 16.8 Å². The molecular weight excluding hydrogens is 348 g/mol. The fourth-order valence-corrected chi connectivity index (χ4v) is 3.71. The Labute approximate surface area is 165 Å². The number of anilines is 3. The molecule has 0 bridgehead atoms. The number of H-pyrrole nitrogens is 1. The lowest BCUT2D eigenvalue weighted by Gasteiger charge is -2.18. The molecule has 1 fully saturated rings. The predicted octanol–water partition coefficient (Wildman–Crippen LogP) is 4.76. The number of rotatable bonds is 4. The smallest absolute Gasteiger partial charge is 0.235 e. The Kier molecular flexibility index (Phi) is 4.14. The zero-order valence-electron chi connectivity index (χ0n) is 16.9. The summed E-state index contributed by atoms with van der Waals surface area (Å²) in [5, 5.41) is 7.34. The monoisotopic (exact) mass is 376 g/mol. The van der Waals surface area contributed by atoms with E-state index >= 15 is 0 Å². The van der Waals surface area contributed by atoms with Crippen LogP contribution in [0.1, 0.15) is 44.9 Å². The van der Waals surface area contributed by atoms with Gasteiger partial charge in [-0.05, 0) is 54.8 Å². The summed E-state index contributed by atoms with van der Waals surface area (Å²) in [6, 6.07) is 14.0. The molecule has 5 heteroatoms. The summed E-state index contributed by atoms with van der Waals surface area (Å²) in [7, 11) is 1.84. The molecular formula is C23H28N4O. The van der Waals surface area contributed by atoms with Crippen molar-refractivity contribution in [3.63, 3.8) is 0 Å². The molecule has 0 unspecified atom stereocenters. The number of amides is 1. The summed E-state index contributed by atoms with van der Waals surface area (Å²) < 4.78 is 0. The molecule has 0 aliphatic heterocycles. The zero-order valence-corrected chi connectivity index (χ0v) is 16.9. The van der Waals surface area contributed by atoms with Crippen molar-refractivity contribution in [2.45, 2.75) is 44.4 Å². The van der Waals surface area contributed by atoms with Gasteiger partial charge in [0, 0.05) is 34.7 Å². The molecule has 1 amide bonds. The van der Waals surface area contributed by atoms with Crippen LogP contribution in [0.4, 0.5) is 17.1 Å². The van der Waals surface area contributed by atoms with Gasteiger partial charge in [-0.3, -0.25) is 4.79 Å². The van der Waals surface area contributed by atoms with Crippen LogP contribution in [-0.2, 0) is 15.6 Å². The lowest BCUT2D eigenvalue weighted by Crippen LogP contribution is -2.27. The summed E-state index contributed by atoms with van der Waals surface area (Å²) >= 11 is 0. The van der Waals surface area contributed by atoms with Crippen molar-refractivity contribution in [3.05, 3.63) is 53.7 Å². The van der Waals surface area contributed by atoms with Gasteiger partial charge in [-0.1, -0.05) is 26.8 Å². The summed E-state index contributed by atoms with van der Waals surface area (Å²) in [5.41, 5.74) is 11.2. The highest BCUT2D eigenvalue weighted by atomic mass is 16.2. The van der Waals surface area contributed by atoms with Crippen molar-refractivity contribution in [1.82, 2.24) is 4.98 Å². The van der Waals surface area contributed by atoms with Gasteiger partial charge in [0.15, 0.2) is 0 Å². The Balaban J connectivity index is 1.59. The number of carbonyl (C=O) groups excluding carboxylic acids is 1. The molecule has 0 atom stereocenters. The molecule has 28 heavy (non-hydrogen) atoms. The van der Waals surface area contributed by atoms with E-state index in [1.54, 1.807) is 0 Å². The van der Waals surface area contributed by atoms with Crippen molar-refractivity contribution in [2.75, 3.05) is 23.4 Å². The molecule has 0 saturated heterocycles. The molecule has 1 saturated carbocycles. The van der Waals surface area contributed by atoms with Crippen LogP contribution in [0.5, 0.6) is 0 Å². The first kappa shape index (κ1) is 18.4. The maximum atomic E-state index is 13.1. The van der Waals surface area contributed by atoms with E-state index in [-0.39, 0.29) is 11.3 Å². The number of nitrogens with one attached hydrogen (secondary N) is 3. The number of nitrogen functional groups attached to an aromatic ring is 1. The van der Waals surface area contributed by atoms with Crippen LogP contribution in [0.15, 0.2) is 42.5 Å². The maximum Gasteiger partial charge on any atom is 0.235 e. The molecule has 5 N–H and O–H groups in total. The predicted molar refractivity (Wildman–Crippen MR) is 117 cm³/mol. The van der Waals surface area contributed by atoms with Crippen LogP contribution in [-0.4, -0.2) is 17.9 Å². The van der Waals surface area contributed by atoms with Crippen molar-refractivity contribution >= 4 is 33.9 Å². The summed E-state index contributed by atoms with van der Waals surface area (Å²) in [6.07, 6.45) is 1.71. The summed E-state index contributed by atoms with van der Waals surface area (Å²) in [6.45, 7) is 6.55. The molecule has 4 rings (SSSR count).